The molecular weight excluding hydrogens is 370 g/mol. The van der Waals surface area contributed by atoms with Crippen molar-refractivity contribution >= 4 is 22.2 Å². The van der Waals surface area contributed by atoms with Gasteiger partial charge in [-0.2, -0.15) is 4.98 Å². The van der Waals surface area contributed by atoms with Crippen molar-refractivity contribution in [2.75, 3.05) is 0 Å². The maximum atomic E-state index is 11.1. The van der Waals surface area contributed by atoms with E-state index in [1.54, 1.807) is 30.6 Å². The maximum Gasteiger partial charge on any atom is 0.226 e. The van der Waals surface area contributed by atoms with E-state index in [4.69, 9.17) is 4.74 Å². The Morgan fingerprint density at radius 3 is 2.71 bits per heavy atom. The summed E-state index contributed by atoms with van der Waals surface area (Å²) in [5.41, 5.74) is 3.00. The normalized spacial score (nSPS) is 10.5. The van der Waals surface area contributed by atoms with Gasteiger partial charge in [0.1, 0.15) is 5.75 Å². The number of nitrogens with zero attached hydrogens (tertiary/aromatic N) is 3. The Bertz CT molecular complexity index is 898. The summed E-state index contributed by atoms with van der Waals surface area (Å²) >= 11 is 3.32. The molecule has 0 radical (unpaired) electrons. The molecule has 0 bridgehead atoms. The van der Waals surface area contributed by atoms with Crippen molar-refractivity contribution in [1.29, 1.82) is 0 Å². The molecule has 0 unspecified atom stereocenters. The van der Waals surface area contributed by atoms with Gasteiger partial charge in [-0.15, -0.1) is 0 Å². The number of aldehydes is 1. The fourth-order valence-corrected chi connectivity index (χ4v) is 2.45. The van der Waals surface area contributed by atoms with Gasteiger partial charge in [0.25, 0.3) is 0 Å². The lowest BCUT2D eigenvalue weighted by molar-refractivity contribution is 0.112. The van der Waals surface area contributed by atoms with Crippen molar-refractivity contribution in [2.24, 2.45) is 0 Å². The Balaban J connectivity index is 2.01. The van der Waals surface area contributed by atoms with Gasteiger partial charge in [-0.05, 0) is 44.2 Å². The smallest absolute Gasteiger partial charge is 0.226 e. The van der Waals surface area contributed by atoms with E-state index in [9.17, 15) is 4.79 Å². The van der Waals surface area contributed by atoms with Gasteiger partial charge in [-0.25, -0.2) is 4.98 Å². The van der Waals surface area contributed by atoms with Crippen LogP contribution in [0.2, 0.25) is 0 Å². The molecule has 0 saturated carbocycles. The lowest BCUT2D eigenvalue weighted by atomic mass is 10.2. The molecule has 120 valence electrons. The highest BCUT2D eigenvalue weighted by molar-refractivity contribution is 9.10. The largest absolute Gasteiger partial charge is 0.439 e. The third-order valence-electron chi connectivity index (χ3n) is 3.57. The van der Waals surface area contributed by atoms with E-state index in [2.05, 4.69) is 30.9 Å². The van der Waals surface area contributed by atoms with Gasteiger partial charge < -0.3 is 4.74 Å². The summed E-state index contributed by atoms with van der Waals surface area (Å²) < 4.78 is 6.62. The highest BCUT2D eigenvalue weighted by atomic mass is 79.9. The molecule has 0 amide bonds. The first-order valence-corrected chi connectivity index (χ1v) is 8.06. The lowest BCUT2D eigenvalue weighted by Crippen LogP contribution is -2.00. The van der Waals surface area contributed by atoms with Crippen molar-refractivity contribution < 1.29 is 9.53 Å². The number of rotatable bonds is 4. The molecule has 0 fully saturated rings. The van der Waals surface area contributed by atoms with Crippen LogP contribution in [0, 0.1) is 13.8 Å². The van der Waals surface area contributed by atoms with Crippen LogP contribution < -0.4 is 4.74 Å². The van der Waals surface area contributed by atoms with E-state index >= 15 is 0 Å². The summed E-state index contributed by atoms with van der Waals surface area (Å²) in [6, 6.07) is 8.93. The van der Waals surface area contributed by atoms with Crippen molar-refractivity contribution in [3.8, 4) is 23.0 Å². The number of halogens is 1. The number of pyridine rings is 1. The average molecular weight is 384 g/mol. The molecule has 0 N–H and O–H groups in total. The number of carbonyl (C=O) groups excluding carboxylic acids is 1. The molecule has 2 aromatic heterocycles. The molecule has 3 aromatic rings. The summed E-state index contributed by atoms with van der Waals surface area (Å²) in [6.07, 6.45) is 4.18. The van der Waals surface area contributed by atoms with Crippen LogP contribution in [0.4, 0.5) is 0 Å². The molecule has 24 heavy (non-hydrogen) atoms. The molecule has 0 atom stereocenters. The second-order valence-corrected chi connectivity index (χ2v) is 6.06. The van der Waals surface area contributed by atoms with E-state index in [-0.39, 0.29) is 0 Å². The van der Waals surface area contributed by atoms with Crippen LogP contribution in [0.1, 0.15) is 21.6 Å². The van der Waals surface area contributed by atoms with E-state index in [0.29, 0.717) is 23.0 Å². The second-order valence-electron chi connectivity index (χ2n) is 5.21. The summed E-state index contributed by atoms with van der Waals surface area (Å²) in [6.45, 7) is 3.80. The average Bonchev–Trinajstić information content (AvgIpc) is 2.61. The third-order valence-corrected chi connectivity index (χ3v) is 4.30. The molecule has 0 aliphatic heterocycles. The van der Waals surface area contributed by atoms with Crippen molar-refractivity contribution in [2.45, 2.75) is 13.8 Å². The highest BCUT2D eigenvalue weighted by Crippen LogP contribution is 2.29. The minimum absolute atomic E-state index is 0.459. The summed E-state index contributed by atoms with van der Waals surface area (Å²) in [7, 11) is 0. The highest BCUT2D eigenvalue weighted by Gasteiger charge is 2.12. The first kappa shape index (κ1) is 16.3. The maximum absolute atomic E-state index is 11.1. The van der Waals surface area contributed by atoms with Crippen molar-refractivity contribution in [3.05, 3.63) is 64.0 Å². The summed E-state index contributed by atoms with van der Waals surface area (Å²) in [5, 5.41) is 0. The molecule has 0 aliphatic carbocycles. The summed E-state index contributed by atoms with van der Waals surface area (Å²) in [4.78, 5) is 24.2. The Labute approximate surface area is 147 Å². The van der Waals surface area contributed by atoms with Gasteiger partial charge in [-0.3, -0.25) is 9.78 Å². The fraction of sp³-hybridized carbons (Fsp3) is 0.111. The Kier molecular flexibility index (Phi) is 4.66. The van der Waals surface area contributed by atoms with Crippen LogP contribution in [0.5, 0.6) is 11.6 Å². The topological polar surface area (TPSA) is 65.0 Å². The first-order chi connectivity index (χ1) is 11.6. The fourth-order valence-electron chi connectivity index (χ4n) is 2.11. The minimum atomic E-state index is 0.459. The van der Waals surface area contributed by atoms with E-state index < -0.39 is 0 Å². The van der Waals surface area contributed by atoms with Crippen LogP contribution in [-0.4, -0.2) is 21.2 Å². The van der Waals surface area contributed by atoms with Gasteiger partial charge in [0, 0.05) is 39.3 Å². The predicted molar refractivity (Wildman–Crippen MR) is 94.3 cm³/mol. The molecule has 0 spiro atoms. The molecule has 6 heteroatoms. The Hall–Kier alpha value is -2.60. The number of carbonyl (C=O) groups is 1. The zero-order valence-electron chi connectivity index (χ0n) is 13.2. The number of ether oxygens (including phenoxy) is 1. The molecule has 3 rings (SSSR count). The Morgan fingerprint density at radius 2 is 2.00 bits per heavy atom. The van der Waals surface area contributed by atoms with Crippen LogP contribution in [-0.2, 0) is 0 Å². The predicted octanol–water partition coefficient (Wildman–Crippen LogP) is 4.52. The number of hydrogen-bond acceptors (Lipinski definition) is 5. The van der Waals surface area contributed by atoms with Crippen molar-refractivity contribution in [3.63, 3.8) is 0 Å². The van der Waals surface area contributed by atoms with Gasteiger partial charge in [0.15, 0.2) is 12.1 Å². The zero-order valence-corrected chi connectivity index (χ0v) is 14.7. The molecular formula is C18H14BrN3O2. The number of hydrogen-bond donors (Lipinski definition) is 0. The quantitative estimate of drug-likeness (QED) is 0.619. The number of benzene rings is 1. The van der Waals surface area contributed by atoms with E-state index in [1.807, 2.05) is 26.0 Å². The van der Waals surface area contributed by atoms with Gasteiger partial charge in [0.2, 0.25) is 5.88 Å². The molecule has 1 aromatic carbocycles. The molecule has 5 nitrogen and oxygen atoms in total. The zero-order chi connectivity index (χ0) is 17.1. The van der Waals surface area contributed by atoms with Crippen LogP contribution in [0.3, 0.4) is 0 Å². The van der Waals surface area contributed by atoms with Gasteiger partial charge in [-0.1, -0.05) is 15.9 Å². The van der Waals surface area contributed by atoms with Crippen molar-refractivity contribution in [1.82, 2.24) is 15.0 Å². The van der Waals surface area contributed by atoms with E-state index in [0.717, 1.165) is 27.6 Å². The van der Waals surface area contributed by atoms with Crippen LogP contribution in [0.15, 0.2) is 47.2 Å². The molecule has 0 saturated heterocycles. The van der Waals surface area contributed by atoms with Gasteiger partial charge in [0.05, 0.1) is 0 Å². The SMILES string of the molecule is Cc1nc(-c2cccnc2)nc(Oc2ccc(Br)c(C=O)c2)c1C. The molecule has 2 heterocycles. The van der Waals surface area contributed by atoms with Crippen LogP contribution in [0.25, 0.3) is 11.4 Å². The number of aromatic nitrogens is 3. The summed E-state index contributed by atoms with van der Waals surface area (Å²) in [5.74, 6) is 1.55. The van der Waals surface area contributed by atoms with Crippen LogP contribution >= 0.6 is 15.9 Å². The standard InChI is InChI=1S/C18H14BrN3O2/c1-11-12(2)21-17(13-4-3-7-20-9-13)22-18(11)24-15-5-6-16(19)14(8-15)10-23/h3-10H,1-2H3. The Morgan fingerprint density at radius 1 is 1.17 bits per heavy atom. The van der Waals surface area contributed by atoms with E-state index in [1.165, 1.54) is 0 Å². The first-order valence-electron chi connectivity index (χ1n) is 7.26. The molecule has 0 aliphatic rings. The third kappa shape index (κ3) is 3.33. The van der Waals surface area contributed by atoms with Gasteiger partial charge >= 0.3 is 0 Å². The second kappa shape index (κ2) is 6.88. The lowest BCUT2D eigenvalue weighted by Gasteiger charge is -2.12. The number of aryl methyl sites for hydroxylation is 1. The monoisotopic (exact) mass is 383 g/mol. The minimum Gasteiger partial charge on any atom is -0.439 e.